The van der Waals surface area contributed by atoms with Gasteiger partial charge in [-0.25, -0.2) is 9.37 Å². The number of hydrogen-bond donors (Lipinski definition) is 0. The molecule has 1 saturated heterocycles. The predicted octanol–water partition coefficient (Wildman–Crippen LogP) is 4.85. The molecular formula is C28H34FN3O3. The van der Waals surface area contributed by atoms with Gasteiger partial charge in [0.2, 0.25) is 0 Å². The fourth-order valence-electron chi connectivity index (χ4n) is 4.37. The number of nitrogens with zero attached hydrogens (tertiary/aromatic N) is 3. The van der Waals surface area contributed by atoms with Gasteiger partial charge >= 0.3 is 0 Å². The second-order valence-corrected chi connectivity index (χ2v) is 9.46. The number of ether oxygens (including phenoxy) is 2. The van der Waals surface area contributed by atoms with Gasteiger partial charge in [0.15, 0.2) is 17.3 Å². The van der Waals surface area contributed by atoms with Crippen molar-refractivity contribution in [2.75, 3.05) is 40.0 Å². The number of imidazole rings is 1. The smallest absolute Gasteiger partial charge is 0.165 e. The Morgan fingerprint density at radius 2 is 1.83 bits per heavy atom. The van der Waals surface area contributed by atoms with Crippen molar-refractivity contribution in [2.24, 2.45) is 5.92 Å². The van der Waals surface area contributed by atoms with E-state index >= 15 is 0 Å². The highest BCUT2D eigenvalue weighted by Crippen LogP contribution is 2.29. The zero-order valence-electron chi connectivity index (χ0n) is 20.8. The van der Waals surface area contributed by atoms with Gasteiger partial charge in [-0.15, -0.1) is 0 Å². The Morgan fingerprint density at radius 1 is 1.11 bits per heavy atom. The summed E-state index contributed by atoms with van der Waals surface area (Å²) in [7, 11) is 1.44. The summed E-state index contributed by atoms with van der Waals surface area (Å²) in [5.41, 5.74) is 3.73. The van der Waals surface area contributed by atoms with Crippen molar-refractivity contribution < 1.29 is 18.7 Å². The third-order valence-corrected chi connectivity index (χ3v) is 6.24. The lowest BCUT2D eigenvalue weighted by molar-refractivity contribution is -0.120. The molecule has 1 aliphatic heterocycles. The lowest BCUT2D eigenvalue weighted by atomic mass is 10.1. The minimum absolute atomic E-state index is 0.137. The zero-order valence-corrected chi connectivity index (χ0v) is 20.8. The number of hydrogen-bond acceptors (Lipinski definition) is 5. The molecule has 0 saturated carbocycles. The quantitative estimate of drug-likeness (QED) is 0.416. The largest absolute Gasteiger partial charge is 0.494 e. The molecule has 4 rings (SSSR count). The van der Waals surface area contributed by atoms with E-state index in [2.05, 4.69) is 29.2 Å². The molecule has 0 spiro atoms. The van der Waals surface area contributed by atoms with Crippen LogP contribution in [0.5, 0.6) is 5.75 Å². The highest BCUT2D eigenvalue weighted by atomic mass is 19.1. The van der Waals surface area contributed by atoms with Crippen LogP contribution >= 0.6 is 0 Å². The van der Waals surface area contributed by atoms with Gasteiger partial charge in [0.1, 0.15) is 5.82 Å². The third kappa shape index (κ3) is 6.55. The van der Waals surface area contributed by atoms with Crippen LogP contribution in [-0.2, 0) is 22.5 Å². The van der Waals surface area contributed by atoms with E-state index in [0.29, 0.717) is 17.8 Å². The topological polar surface area (TPSA) is 56.6 Å². The molecule has 3 aromatic rings. The van der Waals surface area contributed by atoms with Crippen LogP contribution in [0.1, 0.15) is 25.8 Å². The lowest BCUT2D eigenvalue weighted by Gasteiger charge is -2.26. The summed E-state index contributed by atoms with van der Waals surface area (Å²) >= 11 is 0. The first kappa shape index (κ1) is 25.1. The van der Waals surface area contributed by atoms with Gasteiger partial charge in [0, 0.05) is 43.4 Å². The summed E-state index contributed by atoms with van der Waals surface area (Å²) in [6.07, 6.45) is 3.39. The number of morpholine rings is 1. The maximum absolute atomic E-state index is 14.0. The van der Waals surface area contributed by atoms with Crippen molar-refractivity contribution in [3.63, 3.8) is 0 Å². The van der Waals surface area contributed by atoms with Crippen molar-refractivity contribution >= 4 is 5.78 Å². The number of methoxy groups -OCH3 is 1. The predicted molar refractivity (Wildman–Crippen MR) is 135 cm³/mol. The monoisotopic (exact) mass is 479 g/mol. The number of ketones is 1. The first-order chi connectivity index (χ1) is 16.9. The van der Waals surface area contributed by atoms with Crippen LogP contribution < -0.4 is 4.74 Å². The lowest BCUT2D eigenvalue weighted by Crippen LogP contribution is -2.37. The molecule has 2 aromatic carbocycles. The SMILES string of the molecule is COc1cc(-c2nc(-c3ccc(CCN4CCOCC4)cc3)cn2CC(=O)CC(C)C)ccc1F. The van der Waals surface area contributed by atoms with Crippen LogP contribution in [0.2, 0.25) is 0 Å². The van der Waals surface area contributed by atoms with Gasteiger partial charge in [-0.1, -0.05) is 38.1 Å². The van der Waals surface area contributed by atoms with Crippen molar-refractivity contribution in [1.82, 2.24) is 14.5 Å². The fourth-order valence-corrected chi connectivity index (χ4v) is 4.37. The van der Waals surface area contributed by atoms with Crippen LogP contribution in [0.25, 0.3) is 22.6 Å². The highest BCUT2D eigenvalue weighted by Gasteiger charge is 2.17. The average Bonchev–Trinajstić information content (AvgIpc) is 3.27. The van der Waals surface area contributed by atoms with Crippen LogP contribution in [-0.4, -0.2) is 60.2 Å². The van der Waals surface area contributed by atoms with Crippen molar-refractivity contribution in [1.29, 1.82) is 0 Å². The van der Waals surface area contributed by atoms with Gasteiger partial charge in [-0.05, 0) is 36.1 Å². The summed E-state index contributed by atoms with van der Waals surface area (Å²) in [4.78, 5) is 19.9. The summed E-state index contributed by atoms with van der Waals surface area (Å²) in [5.74, 6) is 0.754. The fraction of sp³-hybridized carbons (Fsp3) is 0.429. The standard InChI is InChI=1S/C28H34FN3O3/c1-20(2)16-24(33)18-32-19-26(30-28(32)23-8-9-25(29)27(17-23)34-3)22-6-4-21(5-7-22)10-11-31-12-14-35-15-13-31/h4-9,17,19-20H,10-16,18H2,1-3H3. The number of carbonyl (C=O) groups is 1. The molecule has 186 valence electrons. The van der Waals surface area contributed by atoms with Crippen LogP contribution in [0.3, 0.4) is 0 Å². The van der Waals surface area contributed by atoms with Gasteiger partial charge < -0.3 is 14.0 Å². The molecule has 35 heavy (non-hydrogen) atoms. The minimum Gasteiger partial charge on any atom is -0.494 e. The Morgan fingerprint density at radius 3 is 2.51 bits per heavy atom. The first-order valence-corrected chi connectivity index (χ1v) is 12.2. The summed E-state index contributed by atoms with van der Waals surface area (Å²) in [6, 6.07) is 13.1. The van der Waals surface area contributed by atoms with Crippen molar-refractivity contribution in [3.8, 4) is 28.4 Å². The van der Waals surface area contributed by atoms with Crippen molar-refractivity contribution in [3.05, 3.63) is 60.0 Å². The summed E-state index contributed by atoms with van der Waals surface area (Å²) < 4.78 is 26.5. The van der Waals surface area contributed by atoms with Gasteiger partial charge in [-0.3, -0.25) is 9.69 Å². The van der Waals surface area contributed by atoms with Crippen LogP contribution in [0.4, 0.5) is 4.39 Å². The molecule has 0 bridgehead atoms. The van der Waals surface area contributed by atoms with E-state index in [9.17, 15) is 9.18 Å². The summed E-state index contributed by atoms with van der Waals surface area (Å²) in [6.45, 7) is 8.90. The maximum Gasteiger partial charge on any atom is 0.165 e. The van der Waals surface area contributed by atoms with Crippen LogP contribution in [0.15, 0.2) is 48.7 Å². The molecule has 0 unspecified atom stereocenters. The molecule has 1 aromatic heterocycles. The van der Waals surface area contributed by atoms with Crippen LogP contribution in [0, 0.1) is 11.7 Å². The number of halogens is 1. The Kier molecular flexibility index (Phi) is 8.31. The minimum atomic E-state index is -0.432. The van der Waals surface area contributed by atoms with E-state index in [4.69, 9.17) is 14.5 Å². The van der Waals surface area contributed by atoms with Gasteiger partial charge in [0.25, 0.3) is 0 Å². The van der Waals surface area contributed by atoms with E-state index in [1.807, 2.05) is 24.6 Å². The average molecular weight is 480 g/mol. The molecule has 1 aliphatic rings. The Labute approximate surface area is 206 Å². The second-order valence-electron chi connectivity index (χ2n) is 9.46. The number of Topliss-reactive ketones (excluding diaryl/α,β-unsaturated/α-hetero) is 1. The summed E-state index contributed by atoms with van der Waals surface area (Å²) in [5, 5.41) is 0. The Bertz CT molecular complexity index is 1130. The highest BCUT2D eigenvalue weighted by molar-refractivity contribution is 5.79. The van der Waals surface area contributed by atoms with Crippen molar-refractivity contribution in [2.45, 2.75) is 33.2 Å². The molecule has 0 amide bonds. The molecular weight excluding hydrogens is 445 g/mol. The number of aromatic nitrogens is 2. The van der Waals surface area contributed by atoms with Gasteiger partial charge in [0.05, 0.1) is 32.6 Å². The Balaban J connectivity index is 1.57. The Hall–Kier alpha value is -3.03. The molecule has 6 nitrogen and oxygen atoms in total. The second kappa shape index (κ2) is 11.6. The molecule has 0 N–H and O–H groups in total. The molecule has 1 fully saturated rings. The van der Waals surface area contributed by atoms with E-state index < -0.39 is 5.82 Å². The van der Waals surface area contributed by atoms with E-state index in [-0.39, 0.29) is 24.0 Å². The number of benzene rings is 2. The van der Waals surface area contributed by atoms with E-state index in [1.54, 1.807) is 12.1 Å². The normalized spacial score (nSPS) is 14.4. The zero-order chi connectivity index (χ0) is 24.8. The molecule has 0 aliphatic carbocycles. The van der Waals surface area contributed by atoms with E-state index in [0.717, 1.165) is 50.5 Å². The number of rotatable bonds is 10. The molecule has 7 heteroatoms. The first-order valence-electron chi connectivity index (χ1n) is 12.2. The maximum atomic E-state index is 14.0. The number of carbonyl (C=O) groups excluding carboxylic acids is 1. The molecule has 0 atom stereocenters. The molecule has 2 heterocycles. The molecule has 0 radical (unpaired) electrons. The third-order valence-electron chi connectivity index (χ3n) is 6.24. The van der Waals surface area contributed by atoms with E-state index in [1.165, 1.54) is 18.7 Å². The van der Waals surface area contributed by atoms with Gasteiger partial charge in [-0.2, -0.15) is 0 Å².